The number of hydrogen-bond acceptors (Lipinski definition) is 6. The third kappa shape index (κ3) is 4.71. The Labute approximate surface area is 174 Å². The number of hydrogen-bond donors (Lipinski definition) is 1. The SMILES string of the molecule is COc1ccc(NC(=O)COC(=O)[C@H]2CC(=O)N(c3ccccc3C)C2)c(OC)c1. The van der Waals surface area contributed by atoms with Gasteiger partial charge < -0.3 is 24.4 Å². The molecule has 0 bridgehead atoms. The van der Waals surface area contributed by atoms with Gasteiger partial charge in [0.05, 0.1) is 25.8 Å². The number of para-hydroxylation sites is 1. The molecule has 0 saturated carbocycles. The molecule has 1 aliphatic rings. The standard InChI is InChI=1S/C22H24N2O6/c1-14-6-4-5-7-18(14)24-12-15(10-21(24)26)22(27)30-13-20(25)23-17-9-8-16(28-2)11-19(17)29-3/h4-9,11,15H,10,12-13H2,1-3H3,(H,23,25)/t15-/m0/s1. The van der Waals surface area contributed by atoms with Crippen molar-refractivity contribution in [3.8, 4) is 11.5 Å². The summed E-state index contributed by atoms with van der Waals surface area (Å²) < 4.78 is 15.5. The lowest BCUT2D eigenvalue weighted by molar-refractivity contribution is -0.151. The molecule has 1 saturated heterocycles. The molecule has 30 heavy (non-hydrogen) atoms. The zero-order valence-corrected chi connectivity index (χ0v) is 17.1. The molecule has 2 aromatic carbocycles. The van der Waals surface area contributed by atoms with E-state index >= 15 is 0 Å². The number of aryl methyl sites for hydroxylation is 1. The average molecular weight is 412 g/mol. The van der Waals surface area contributed by atoms with Crippen molar-refractivity contribution in [3.63, 3.8) is 0 Å². The first-order chi connectivity index (χ1) is 14.4. The molecule has 0 radical (unpaired) electrons. The van der Waals surface area contributed by atoms with Gasteiger partial charge in [0.15, 0.2) is 6.61 Å². The fourth-order valence-electron chi connectivity index (χ4n) is 3.31. The van der Waals surface area contributed by atoms with Crippen molar-refractivity contribution in [1.82, 2.24) is 0 Å². The lowest BCUT2D eigenvalue weighted by atomic mass is 10.1. The molecule has 0 spiro atoms. The van der Waals surface area contributed by atoms with E-state index in [9.17, 15) is 14.4 Å². The highest BCUT2D eigenvalue weighted by molar-refractivity contribution is 6.00. The minimum absolute atomic E-state index is 0.0566. The Morgan fingerprint density at radius 3 is 2.60 bits per heavy atom. The van der Waals surface area contributed by atoms with Crippen LogP contribution in [0, 0.1) is 12.8 Å². The Morgan fingerprint density at radius 2 is 1.90 bits per heavy atom. The minimum atomic E-state index is -0.611. The highest BCUT2D eigenvalue weighted by Gasteiger charge is 2.36. The van der Waals surface area contributed by atoms with Crippen LogP contribution in [-0.4, -0.2) is 45.2 Å². The maximum atomic E-state index is 12.4. The van der Waals surface area contributed by atoms with Gasteiger partial charge in [0.2, 0.25) is 5.91 Å². The lowest BCUT2D eigenvalue weighted by Crippen LogP contribution is -2.28. The molecule has 0 aliphatic carbocycles. The van der Waals surface area contributed by atoms with Crippen molar-refractivity contribution in [1.29, 1.82) is 0 Å². The number of esters is 1. The van der Waals surface area contributed by atoms with Gasteiger partial charge in [-0.1, -0.05) is 18.2 Å². The Bertz CT molecular complexity index is 958. The molecule has 1 N–H and O–H groups in total. The number of nitrogens with zero attached hydrogens (tertiary/aromatic N) is 1. The number of carbonyl (C=O) groups is 3. The van der Waals surface area contributed by atoms with Crippen LogP contribution in [0.5, 0.6) is 11.5 Å². The van der Waals surface area contributed by atoms with E-state index in [1.807, 2.05) is 31.2 Å². The summed E-state index contributed by atoms with van der Waals surface area (Å²) in [5.74, 6) is -0.827. The second-order valence-corrected chi connectivity index (χ2v) is 6.91. The number of methoxy groups -OCH3 is 2. The molecule has 1 heterocycles. The molecular formula is C22H24N2O6. The number of nitrogens with one attached hydrogen (secondary N) is 1. The van der Waals surface area contributed by atoms with E-state index < -0.39 is 24.4 Å². The summed E-state index contributed by atoms with van der Waals surface area (Å²) in [6, 6.07) is 12.4. The van der Waals surface area contributed by atoms with Crippen LogP contribution in [0.15, 0.2) is 42.5 Å². The molecule has 2 aromatic rings. The van der Waals surface area contributed by atoms with E-state index in [0.717, 1.165) is 11.3 Å². The fourth-order valence-corrected chi connectivity index (χ4v) is 3.31. The predicted molar refractivity (Wildman–Crippen MR) is 111 cm³/mol. The fraction of sp³-hybridized carbons (Fsp3) is 0.318. The normalized spacial score (nSPS) is 15.6. The molecule has 1 aliphatic heterocycles. The van der Waals surface area contributed by atoms with Crippen LogP contribution in [0.2, 0.25) is 0 Å². The Balaban J connectivity index is 1.55. The van der Waals surface area contributed by atoms with Crippen LogP contribution in [0.25, 0.3) is 0 Å². The first-order valence-electron chi connectivity index (χ1n) is 9.47. The van der Waals surface area contributed by atoms with Gasteiger partial charge in [0.1, 0.15) is 11.5 Å². The summed E-state index contributed by atoms with van der Waals surface area (Å²) in [6.07, 6.45) is 0.0566. The topological polar surface area (TPSA) is 94.2 Å². The largest absolute Gasteiger partial charge is 0.497 e. The number of anilines is 2. The number of amides is 2. The van der Waals surface area contributed by atoms with Crippen molar-refractivity contribution >= 4 is 29.2 Å². The summed E-state index contributed by atoms with van der Waals surface area (Å²) in [5.41, 5.74) is 2.16. The first kappa shape index (κ1) is 21.2. The third-order valence-corrected chi connectivity index (χ3v) is 4.89. The molecule has 3 rings (SSSR count). The van der Waals surface area contributed by atoms with Crippen LogP contribution in [-0.2, 0) is 19.1 Å². The number of rotatable bonds is 7. The second-order valence-electron chi connectivity index (χ2n) is 6.91. The van der Waals surface area contributed by atoms with Gasteiger partial charge in [-0.2, -0.15) is 0 Å². The molecule has 8 nitrogen and oxygen atoms in total. The summed E-state index contributed by atoms with van der Waals surface area (Å²) in [5, 5.41) is 2.64. The van der Waals surface area contributed by atoms with E-state index in [4.69, 9.17) is 14.2 Å². The van der Waals surface area contributed by atoms with Crippen LogP contribution in [0.3, 0.4) is 0 Å². The van der Waals surface area contributed by atoms with Gasteiger partial charge in [-0.3, -0.25) is 14.4 Å². The van der Waals surface area contributed by atoms with E-state index in [0.29, 0.717) is 17.2 Å². The molecule has 1 fully saturated rings. The Morgan fingerprint density at radius 1 is 1.13 bits per heavy atom. The Hall–Kier alpha value is -3.55. The van der Waals surface area contributed by atoms with Crippen molar-refractivity contribution in [2.24, 2.45) is 5.92 Å². The first-order valence-corrected chi connectivity index (χ1v) is 9.47. The van der Waals surface area contributed by atoms with E-state index in [2.05, 4.69) is 5.32 Å². The smallest absolute Gasteiger partial charge is 0.311 e. The summed E-state index contributed by atoms with van der Waals surface area (Å²) in [7, 11) is 3.00. The molecule has 2 amide bonds. The van der Waals surface area contributed by atoms with Crippen molar-refractivity contribution in [3.05, 3.63) is 48.0 Å². The highest BCUT2D eigenvalue weighted by Crippen LogP contribution is 2.30. The Kier molecular flexibility index (Phi) is 6.56. The molecule has 1 atom stereocenters. The number of ether oxygens (including phenoxy) is 3. The second kappa shape index (κ2) is 9.30. The van der Waals surface area contributed by atoms with Crippen molar-refractivity contribution < 1.29 is 28.6 Å². The molecule has 158 valence electrons. The maximum Gasteiger partial charge on any atom is 0.311 e. The number of carbonyl (C=O) groups excluding carboxylic acids is 3. The average Bonchev–Trinajstić information content (AvgIpc) is 3.14. The van der Waals surface area contributed by atoms with E-state index in [1.165, 1.54) is 14.2 Å². The zero-order chi connectivity index (χ0) is 21.7. The molecule has 8 heteroatoms. The van der Waals surface area contributed by atoms with E-state index in [1.54, 1.807) is 23.1 Å². The van der Waals surface area contributed by atoms with Gasteiger partial charge in [-0.05, 0) is 30.7 Å². The minimum Gasteiger partial charge on any atom is -0.497 e. The van der Waals surface area contributed by atoms with Gasteiger partial charge in [-0.15, -0.1) is 0 Å². The van der Waals surface area contributed by atoms with Crippen LogP contribution >= 0.6 is 0 Å². The molecule has 0 unspecified atom stereocenters. The quantitative estimate of drug-likeness (QED) is 0.703. The lowest BCUT2D eigenvalue weighted by Gasteiger charge is -2.18. The van der Waals surface area contributed by atoms with Gasteiger partial charge in [0, 0.05) is 24.7 Å². The molecular weight excluding hydrogens is 388 g/mol. The third-order valence-electron chi connectivity index (χ3n) is 4.89. The predicted octanol–water partition coefficient (Wildman–Crippen LogP) is 2.55. The van der Waals surface area contributed by atoms with Gasteiger partial charge >= 0.3 is 5.97 Å². The summed E-state index contributed by atoms with van der Waals surface area (Å²) in [6.45, 7) is 1.69. The highest BCUT2D eigenvalue weighted by atomic mass is 16.5. The monoisotopic (exact) mass is 412 g/mol. The van der Waals surface area contributed by atoms with Crippen molar-refractivity contribution in [2.75, 3.05) is 37.6 Å². The maximum absolute atomic E-state index is 12.4. The van der Waals surface area contributed by atoms with E-state index in [-0.39, 0.29) is 18.9 Å². The zero-order valence-electron chi connectivity index (χ0n) is 17.1. The molecule has 0 aromatic heterocycles. The summed E-state index contributed by atoms with van der Waals surface area (Å²) in [4.78, 5) is 38.5. The van der Waals surface area contributed by atoms with Crippen LogP contribution in [0.4, 0.5) is 11.4 Å². The van der Waals surface area contributed by atoms with Gasteiger partial charge in [0.25, 0.3) is 5.91 Å². The number of benzene rings is 2. The van der Waals surface area contributed by atoms with Crippen molar-refractivity contribution in [2.45, 2.75) is 13.3 Å². The van der Waals surface area contributed by atoms with Crippen LogP contribution < -0.4 is 19.7 Å². The summed E-state index contributed by atoms with van der Waals surface area (Å²) >= 11 is 0. The van der Waals surface area contributed by atoms with Crippen LogP contribution in [0.1, 0.15) is 12.0 Å². The van der Waals surface area contributed by atoms with Gasteiger partial charge in [-0.25, -0.2) is 0 Å².